The molecule has 0 radical (unpaired) electrons. The zero-order valence-electron chi connectivity index (χ0n) is 17.7. The van der Waals surface area contributed by atoms with Crippen LogP contribution in [0.4, 0.5) is 9.93 Å². The first-order valence-electron chi connectivity index (χ1n) is 11.0. The number of thioether (sulfide) groups is 1. The fraction of sp³-hybridized carbons (Fsp3) is 0.762. The summed E-state index contributed by atoms with van der Waals surface area (Å²) >= 11 is 2.57. The Bertz CT molecular complexity index is 684. The minimum absolute atomic E-state index is 0.00546. The van der Waals surface area contributed by atoms with E-state index in [0.717, 1.165) is 49.3 Å². The second-order valence-corrected chi connectivity index (χ2v) is 10.6. The fourth-order valence-electron chi connectivity index (χ4n) is 4.66. The second kappa shape index (κ2) is 11.9. The Morgan fingerprint density at radius 3 is 2.47 bits per heavy atom. The summed E-state index contributed by atoms with van der Waals surface area (Å²) < 4.78 is 6.13. The van der Waals surface area contributed by atoms with E-state index >= 15 is 0 Å². The van der Waals surface area contributed by atoms with Crippen molar-refractivity contribution in [2.24, 2.45) is 5.92 Å². The molecule has 0 aromatic carbocycles. The van der Waals surface area contributed by atoms with Crippen molar-refractivity contribution in [2.45, 2.75) is 80.5 Å². The molecule has 1 aromatic heterocycles. The number of hydrogen-bond donors (Lipinski definition) is 2. The number of carbonyl (C=O) groups is 2. The van der Waals surface area contributed by atoms with Crippen molar-refractivity contribution in [3.8, 4) is 0 Å². The molecule has 30 heavy (non-hydrogen) atoms. The molecule has 2 amide bonds. The Morgan fingerprint density at radius 2 is 1.83 bits per heavy atom. The van der Waals surface area contributed by atoms with Crippen LogP contribution in [-0.4, -0.2) is 58.5 Å². The largest absolute Gasteiger partial charge is 0.481 e. The number of thiazole rings is 1. The lowest BCUT2D eigenvalue weighted by Gasteiger charge is -2.41. The number of methoxy groups -OCH3 is 1. The Kier molecular flexibility index (Phi) is 9.27. The average Bonchev–Trinajstić information content (AvgIpc) is 3.00. The maximum atomic E-state index is 13.4. The number of hydrogen-bond acceptors (Lipinski definition) is 6. The van der Waals surface area contributed by atoms with Gasteiger partial charge in [0.15, 0.2) is 5.13 Å². The van der Waals surface area contributed by atoms with Gasteiger partial charge in [-0.05, 0) is 44.4 Å². The van der Waals surface area contributed by atoms with Crippen molar-refractivity contribution < 1.29 is 19.4 Å². The molecule has 2 aliphatic carbocycles. The summed E-state index contributed by atoms with van der Waals surface area (Å²) in [4.78, 5) is 30.5. The normalized spacial score (nSPS) is 23.0. The van der Waals surface area contributed by atoms with Gasteiger partial charge in [-0.1, -0.05) is 37.0 Å². The average molecular weight is 456 g/mol. The fourth-order valence-corrected chi connectivity index (χ4v) is 6.25. The highest BCUT2D eigenvalue weighted by Gasteiger charge is 2.34. The van der Waals surface area contributed by atoms with Gasteiger partial charge in [0, 0.05) is 25.8 Å². The van der Waals surface area contributed by atoms with Crippen molar-refractivity contribution in [1.29, 1.82) is 0 Å². The number of amides is 2. The highest BCUT2D eigenvalue weighted by molar-refractivity contribution is 8.01. The topological polar surface area (TPSA) is 91.8 Å². The van der Waals surface area contributed by atoms with Crippen molar-refractivity contribution in [3.63, 3.8) is 0 Å². The number of aliphatic carboxylic acids is 1. The van der Waals surface area contributed by atoms with Gasteiger partial charge in [-0.3, -0.25) is 10.1 Å². The second-order valence-electron chi connectivity index (χ2n) is 8.28. The predicted molar refractivity (Wildman–Crippen MR) is 120 cm³/mol. The predicted octanol–water partition coefficient (Wildman–Crippen LogP) is 5.08. The molecule has 3 rings (SSSR count). The van der Waals surface area contributed by atoms with Gasteiger partial charge < -0.3 is 14.7 Å². The lowest BCUT2D eigenvalue weighted by Crippen LogP contribution is -2.50. The van der Waals surface area contributed by atoms with Crippen molar-refractivity contribution in [2.75, 3.05) is 24.8 Å². The lowest BCUT2D eigenvalue weighted by atomic mass is 9.85. The van der Waals surface area contributed by atoms with Gasteiger partial charge in [-0.2, -0.15) is 0 Å². The Morgan fingerprint density at radius 1 is 1.17 bits per heavy atom. The maximum Gasteiger partial charge on any atom is 0.324 e. The van der Waals surface area contributed by atoms with Gasteiger partial charge in [0.25, 0.3) is 0 Å². The Labute approximate surface area is 187 Å². The SMILES string of the molecule is COC[C@H]1CC[C@H](N(C(=O)Nc2ncc(SCC(=O)O)s2)C2CCCCCC2)CC1. The van der Waals surface area contributed by atoms with E-state index in [2.05, 4.69) is 15.2 Å². The van der Waals surface area contributed by atoms with E-state index in [9.17, 15) is 9.59 Å². The summed E-state index contributed by atoms with van der Waals surface area (Å²) in [5.74, 6) is -0.269. The molecule has 2 saturated carbocycles. The van der Waals surface area contributed by atoms with Crippen LogP contribution in [0.3, 0.4) is 0 Å². The monoisotopic (exact) mass is 455 g/mol. The van der Waals surface area contributed by atoms with Crippen LogP contribution >= 0.6 is 23.1 Å². The number of anilines is 1. The third-order valence-corrected chi connectivity index (χ3v) is 8.19. The number of nitrogens with one attached hydrogen (secondary N) is 1. The van der Waals surface area contributed by atoms with Gasteiger partial charge in [0.1, 0.15) is 0 Å². The van der Waals surface area contributed by atoms with Gasteiger partial charge in [0.2, 0.25) is 0 Å². The van der Waals surface area contributed by atoms with E-state index in [0.29, 0.717) is 11.0 Å². The van der Waals surface area contributed by atoms with Crippen LogP contribution in [-0.2, 0) is 9.53 Å². The molecular weight excluding hydrogens is 422 g/mol. The molecule has 0 aliphatic heterocycles. The van der Waals surface area contributed by atoms with E-state index in [1.165, 1.54) is 48.8 Å². The number of urea groups is 1. The van der Waals surface area contributed by atoms with E-state index < -0.39 is 5.97 Å². The third-order valence-electron chi connectivity index (χ3n) is 6.10. The number of carbonyl (C=O) groups excluding carboxylic acids is 1. The number of aromatic nitrogens is 1. The van der Waals surface area contributed by atoms with Crippen LogP contribution in [0.25, 0.3) is 0 Å². The summed E-state index contributed by atoms with van der Waals surface area (Å²) in [6, 6.07) is 0.501. The van der Waals surface area contributed by atoms with Crippen LogP contribution < -0.4 is 5.32 Å². The van der Waals surface area contributed by atoms with Crippen LogP contribution in [0.5, 0.6) is 0 Å². The molecule has 1 heterocycles. The van der Waals surface area contributed by atoms with Gasteiger partial charge in [-0.25, -0.2) is 9.78 Å². The van der Waals surface area contributed by atoms with Crippen molar-refractivity contribution in [1.82, 2.24) is 9.88 Å². The quantitative estimate of drug-likeness (QED) is 0.419. The molecular formula is C21H33N3O4S2. The van der Waals surface area contributed by atoms with Gasteiger partial charge in [0.05, 0.1) is 16.2 Å². The molecule has 7 nitrogen and oxygen atoms in total. The Balaban J connectivity index is 1.66. The number of carboxylic acids is 1. The number of rotatable bonds is 8. The minimum atomic E-state index is -0.859. The molecule has 168 valence electrons. The molecule has 0 bridgehead atoms. The molecule has 9 heteroatoms. The maximum absolute atomic E-state index is 13.4. The van der Waals surface area contributed by atoms with E-state index in [-0.39, 0.29) is 23.9 Å². The highest BCUT2D eigenvalue weighted by atomic mass is 32.2. The van der Waals surface area contributed by atoms with Crippen molar-refractivity contribution >= 4 is 40.2 Å². The van der Waals surface area contributed by atoms with Gasteiger partial charge >= 0.3 is 12.0 Å². The zero-order valence-corrected chi connectivity index (χ0v) is 19.3. The number of carboxylic acid groups (broad SMARTS) is 1. The standard InChI is InChI=1S/C21H33N3O4S2/c1-28-13-15-8-10-17(11-9-15)24(16-6-4-2-3-5-7-16)21(27)23-20-22-12-19(30-20)29-14-18(25)26/h12,15-17H,2-11,13-14H2,1H3,(H,25,26)(H,22,23,27)/t15-,17-. The highest BCUT2D eigenvalue weighted by Crippen LogP contribution is 2.34. The Hall–Kier alpha value is -1.32. The lowest BCUT2D eigenvalue weighted by molar-refractivity contribution is -0.133. The van der Waals surface area contributed by atoms with Crippen LogP contribution in [0.2, 0.25) is 0 Å². The first-order chi connectivity index (χ1) is 14.6. The van der Waals surface area contributed by atoms with E-state index in [1.807, 2.05) is 0 Å². The minimum Gasteiger partial charge on any atom is -0.481 e. The molecule has 0 atom stereocenters. The molecule has 0 saturated heterocycles. The number of nitrogens with zero attached hydrogens (tertiary/aromatic N) is 2. The van der Waals surface area contributed by atoms with Crippen LogP contribution in [0, 0.1) is 5.92 Å². The summed E-state index contributed by atoms with van der Waals surface area (Å²) in [5.41, 5.74) is 0. The smallest absolute Gasteiger partial charge is 0.324 e. The summed E-state index contributed by atoms with van der Waals surface area (Å²) in [7, 11) is 1.76. The first-order valence-corrected chi connectivity index (χ1v) is 12.8. The number of ether oxygens (including phenoxy) is 1. The van der Waals surface area contributed by atoms with Crippen LogP contribution in [0.15, 0.2) is 10.4 Å². The summed E-state index contributed by atoms with van der Waals surface area (Å²) in [6.45, 7) is 0.804. The molecule has 2 aliphatic rings. The summed E-state index contributed by atoms with van der Waals surface area (Å²) in [6.07, 6.45) is 12.9. The zero-order chi connectivity index (χ0) is 21.3. The third kappa shape index (κ3) is 6.85. The molecule has 0 unspecified atom stereocenters. The van der Waals surface area contributed by atoms with Crippen molar-refractivity contribution in [3.05, 3.63) is 6.20 Å². The van der Waals surface area contributed by atoms with Crippen LogP contribution in [0.1, 0.15) is 64.2 Å². The van der Waals surface area contributed by atoms with Gasteiger partial charge in [-0.15, -0.1) is 11.8 Å². The van der Waals surface area contributed by atoms with E-state index in [1.54, 1.807) is 13.3 Å². The molecule has 1 aromatic rings. The molecule has 2 N–H and O–H groups in total. The van der Waals surface area contributed by atoms with E-state index in [4.69, 9.17) is 9.84 Å². The summed E-state index contributed by atoms with van der Waals surface area (Å²) in [5, 5.41) is 12.4. The first kappa shape index (κ1) is 23.3. The molecule has 0 spiro atoms. The molecule has 2 fully saturated rings.